The molecule has 0 unspecified atom stereocenters. The van der Waals surface area contributed by atoms with Crippen LogP contribution in [-0.4, -0.2) is 31.7 Å². The first-order valence-electron chi connectivity index (χ1n) is 10.9. The topological polar surface area (TPSA) is 102 Å². The Labute approximate surface area is 202 Å². The van der Waals surface area contributed by atoms with E-state index in [2.05, 4.69) is 15.8 Å². The van der Waals surface area contributed by atoms with Gasteiger partial charge in [-0.05, 0) is 66.9 Å². The molecule has 0 fully saturated rings. The number of nitrogens with one attached hydrogen (secondary N) is 2. The number of benzene rings is 3. The zero-order chi connectivity index (χ0) is 24.8. The maximum atomic E-state index is 12.4. The summed E-state index contributed by atoms with van der Waals surface area (Å²) in [6, 6.07) is 19.8. The molecule has 0 bridgehead atoms. The number of fused-ring (bicyclic) bond motifs is 1. The third-order valence-corrected chi connectivity index (χ3v) is 5.35. The highest BCUT2D eigenvalue weighted by atomic mass is 16.5. The van der Waals surface area contributed by atoms with Gasteiger partial charge in [0.15, 0.2) is 23.7 Å². The Morgan fingerprint density at radius 2 is 1.83 bits per heavy atom. The van der Waals surface area contributed by atoms with Gasteiger partial charge in [-0.25, -0.2) is 5.43 Å². The number of carbonyl (C=O) groups is 2. The standard InChI is InChI=1S/C27H25N3O5/c1-17-10-11-21(12-18(17)2)29-25(31)16-34-22-8-4-6-19(13-22)15-28-30-27(32)24-14-20-7-5-9-23(33-3)26(20)35-24/h4-15H,16H2,1-3H3,(H,29,31)(H,30,32). The summed E-state index contributed by atoms with van der Waals surface area (Å²) < 4.78 is 16.5. The summed E-state index contributed by atoms with van der Waals surface area (Å²) in [7, 11) is 1.54. The predicted molar refractivity (Wildman–Crippen MR) is 134 cm³/mol. The van der Waals surface area contributed by atoms with Gasteiger partial charge in [0.1, 0.15) is 5.75 Å². The van der Waals surface area contributed by atoms with E-state index in [1.54, 1.807) is 36.4 Å². The number of furan rings is 1. The second kappa shape index (κ2) is 10.6. The lowest BCUT2D eigenvalue weighted by molar-refractivity contribution is -0.118. The highest BCUT2D eigenvalue weighted by Gasteiger charge is 2.14. The molecule has 0 aliphatic rings. The van der Waals surface area contributed by atoms with Crippen molar-refractivity contribution in [3.8, 4) is 11.5 Å². The molecular weight excluding hydrogens is 446 g/mol. The van der Waals surface area contributed by atoms with Gasteiger partial charge in [-0.15, -0.1) is 0 Å². The van der Waals surface area contributed by atoms with E-state index < -0.39 is 5.91 Å². The first-order chi connectivity index (χ1) is 16.9. The second-order valence-electron chi connectivity index (χ2n) is 7.90. The minimum Gasteiger partial charge on any atom is -0.493 e. The Morgan fingerprint density at radius 1 is 1.00 bits per heavy atom. The lowest BCUT2D eigenvalue weighted by Crippen LogP contribution is -2.20. The van der Waals surface area contributed by atoms with Crippen LogP contribution >= 0.6 is 0 Å². The molecule has 8 nitrogen and oxygen atoms in total. The zero-order valence-electron chi connectivity index (χ0n) is 19.6. The Morgan fingerprint density at radius 3 is 2.63 bits per heavy atom. The predicted octanol–water partition coefficient (Wildman–Crippen LogP) is 4.84. The van der Waals surface area contributed by atoms with Crippen LogP contribution in [0.5, 0.6) is 11.5 Å². The van der Waals surface area contributed by atoms with Gasteiger partial charge in [0.05, 0.1) is 13.3 Å². The molecule has 35 heavy (non-hydrogen) atoms. The zero-order valence-corrected chi connectivity index (χ0v) is 19.6. The number of amides is 2. The Bertz CT molecular complexity index is 1410. The number of para-hydroxylation sites is 1. The van der Waals surface area contributed by atoms with Gasteiger partial charge in [0, 0.05) is 11.1 Å². The van der Waals surface area contributed by atoms with Crippen LogP contribution < -0.4 is 20.2 Å². The summed E-state index contributed by atoms with van der Waals surface area (Å²) in [5.74, 6) is 0.412. The van der Waals surface area contributed by atoms with Crippen LogP contribution in [0.2, 0.25) is 0 Å². The minimum atomic E-state index is -0.491. The van der Waals surface area contributed by atoms with Gasteiger partial charge < -0.3 is 19.2 Å². The van der Waals surface area contributed by atoms with Gasteiger partial charge in [0.25, 0.3) is 5.91 Å². The first-order valence-corrected chi connectivity index (χ1v) is 10.9. The van der Waals surface area contributed by atoms with Crippen molar-refractivity contribution in [3.05, 3.63) is 89.2 Å². The maximum Gasteiger partial charge on any atom is 0.307 e. The van der Waals surface area contributed by atoms with E-state index in [1.807, 2.05) is 44.2 Å². The number of hydrogen-bond acceptors (Lipinski definition) is 6. The monoisotopic (exact) mass is 471 g/mol. The maximum absolute atomic E-state index is 12.4. The number of hydrazone groups is 1. The number of ether oxygens (including phenoxy) is 2. The van der Waals surface area contributed by atoms with Crippen LogP contribution in [-0.2, 0) is 4.79 Å². The van der Waals surface area contributed by atoms with E-state index in [-0.39, 0.29) is 18.3 Å². The molecule has 0 atom stereocenters. The SMILES string of the molecule is COc1cccc2cc(C(=O)NN=Cc3cccc(OCC(=O)Nc4ccc(C)c(C)c4)c3)oc12. The van der Waals surface area contributed by atoms with Crippen LogP contribution in [0, 0.1) is 13.8 Å². The van der Waals surface area contributed by atoms with Crippen molar-refractivity contribution in [2.24, 2.45) is 5.10 Å². The smallest absolute Gasteiger partial charge is 0.307 e. The third kappa shape index (κ3) is 5.86. The van der Waals surface area contributed by atoms with Crippen molar-refractivity contribution in [1.82, 2.24) is 5.43 Å². The number of aryl methyl sites for hydroxylation is 2. The van der Waals surface area contributed by atoms with Crippen LogP contribution in [0.4, 0.5) is 5.69 Å². The lowest BCUT2D eigenvalue weighted by atomic mass is 10.1. The number of anilines is 1. The van der Waals surface area contributed by atoms with Crippen molar-refractivity contribution in [1.29, 1.82) is 0 Å². The average molecular weight is 472 g/mol. The van der Waals surface area contributed by atoms with E-state index in [4.69, 9.17) is 13.9 Å². The van der Waals surface area contributed by atoms with Gasteiger partial charge >= 0.3 is 5.91 Å². The molecule has 3 aromatic carbocycles. The highest BCUT2D eigenvalue weighted by Crippen LogP contribution is 2.28. The second-order valence-corrected chi connectivity index (χ2v) is 7.90. The Kier molecular flexibility index (Phi) is 7.11. The fraction of sp³-hybridized carbons (Fsp3) is 0.148. The summed E-state index contributed by atoms with van der Waals surface area (Å²) in [5.41, 5.74) is 6.60. The first kappa shape index (κ1) is 23.6. The lowest BCUT2D eigenvalue weighted by Gasteiger charge is -2.09. The molecule has 178 valence electrons. The number of rotatable bonds is 8. The molecule has 1 aromatic heterocycles. The number of hydrogen-bond donors (Lipinski definition) is 2. The highest BCUT2D eigenvalue weighted by molar-refractivity contribution is 5.97. The molecule has 2 amide bonds. The summed E-state index contributed by atoms with van der Waals surface area (Å²) in [4.78, 5) is 24.6. The quantitative estimate of drug-likeness (QED) is 0.283. The van der Waals surface area contributed by atoms with E-state index >= 15 is 0 Å². The molecule has 0 aliphatic carbocycles. The molecule has 4 rings (SSSR count). The number of carbonyl (C=O) groups excluding carboxylic acids is 2. The van der Waals surface area contributed by atoms with Crippen LogP contribution in [0.3, 0.4) is 0 Å². The molecule has 0 radical (unpaired) electrons. The molecule has 0 saturated heterocycles. The molecule has 0 spiro atoms. The van der Waals surface area contributed by atoms with Crippen molar-refractivity contribution in [3.63, 3.8) is 0 Å². The fourth-order valence-corrected chi connectivity index (χ4v) is 3.38. The molecule has 4 aromatic rings. The van der Waals surface area contributed by atoms with Gasteiger partial charge in [-0.3, -0.25) is 9.59 Å². The average Bonchev–Trinajstić information content (AvgIpc) is 3.30. The van der Waals surface area contributed by atoms with E-state index in [0.29, 0.717) is 22.6 Å². The fourth-order valence-electron chi connectivity index (χ4n) is 3.38. The largest absolute Gasteiger partial charge is 0.493 e. The number of nitrogens with zero attached hydrogens (tertiary/aromatic N) is 1. The molecular formula is C27H25N3O5. The summed E-state index contributed by atoms with van der Waals surface area (Å²) >= 11 is 0. The van der Waals surface area contributed by atoms with Crippen molar-refractivity contribution < 1.29 is 23.5 Å². The summed E-state index contributed by atoms with van der Waals surface area (Å²) in [6.45, 7) is 3.87. The van der Waals surface area contributed by atoms with Crippen LogP contribution in [0.1, 0.15) is 27.2 Å². The van der Waals surface area contributed by atoms with Crippen LogP contribution in [0.15, 0.2) is 76.2 Å². The number of methoxy groups -OCH3 is 1. The van der Waals surface area contributed by atoms with Crippen LogP contribution in [0.25, 0.3) is 11.0 Å². The molecule has 8 heteroatoms. The van der Waals surface area contributed by atoms with Crippen molar-refractivity contribution >= 4 is 34.7 Å². The minimum absolute atomic E-state index is 0.119. The van der Waals surface area contributed by atoms with Gasteiger partial charge in [0.2, 0.25) is 0 Å². The van der Waals surface area contributed by atoms with Gasteiger partial charge in [-0.1, -0.05) is 30.3 Å². The molecule has 1 heterocycles. The van der Waals surface area contributed by atoms with E-state index in [1.165, 1.54) is 13.3 Å². The Hall–Kier alpha value is -4.59. The molecule has 0 aliphatic heterocycles. The summed E-state index contributed by atoms with van der Waals surface area (Å²) in [5, 5.41) is 7.56. The molecule has 2 N–H and O–H groups in total. The van der Waals surface area contributed by atoms with E-state index in [0.717, 1.165) is 22.2 Å². The summed E-state index contributed by atoms with van der Waals surface area (Å²) in [6.07, 6.45) is 1.48. The van der Waals surface area contributed by atoms with Crippen molar-refractivity contribution in [2.75, 3.05) is 19.0 Å². The van der Waals surface area contributed by atoms with Gasteiger partial charge in [-0.2, -0.15) is 5.10 Å². The molecule has 0 saturated carbocycles. The third-order valence-electron chi connectivity index (χ3n) is 5.35. The van der Waals surface area contributed by atoms with E-state index in [9.17, 15) is 9.59 Å². The normalized spacial score (nSPS) is 10.9. The Balaban J connectivity index is 1.32. The van der Waals surface area contributed by atoms with Crippen molar-refractivity contribution in [2.45, 2.75) is 13.8 Å².